The van der Waals surface area contributed by atoms with Crippen molar-refractivity contribution in [1.29, 1.82) is 0 Å². The van der Waals surface area contributed by atoms with E-state index in [0.29, 0.717) is 5.02 Å². The minimum Gasteiger partial charge on any atom is -0.334 e. The van der Waals surface area contributed by atoms with Crippen LogP contribution in [0.25, 0.3) is 17.0 Å². The van der Waals surface area contributed by atoms with E-state index >= 15 is 0 Å². The van der Waals surface area contributed by atoms with Gasteiger partial charge in [0.15, 0.2) is 0 Å². The van der Waals surface area contributed by atoms with Crippen molar-refractivity contribution in [2.75, 3.05) is 0 Å². The van der Waals surface area contributed by atoms with E-state index in [4.69, 9.17) is 11.6 Å². The van der Waals surface area contributed by atoms with E-state index in [2.05, 4.69) is 4.57 Å². The molecule has 3 aromatic rings. The van der Waals surface area contributed by atoms with Crippen LogP contribution in [0.15, 0.2) is 60.3 Å². The minimum atomic E-state index is -0.117. The first-order valence-corrected chi connectivity index (χ1v) is 7.18. The van der Waals surface area contributed by atoms with Crippen molar-refractivity contribution in [3.8, 4) is 0 Å². The number of hydrogen-bond donors (Lipinski definition) is 0. The molecule has 21 heavy (non-hydrogen) atoms. The summed E-state index contributed by atoms with van der Waals surface area (Å²) >= 11 is 6.37. The summed E-state index contributed by atoms with van der Waals surface area (Å²) in [6.45, 7) is 0. The molecular weight excluding hydrogens is 282 g/mol. The second kappa shape index (κ2) is 4.61. The van der Waals surface area contributed by atoms with Crippen molar-refractivity contribution in [3.05, 3.63) is 76.5 Å². The van der Waals surface area contributed by atoms with Gasteiger partial charge in [-0.15, -0.1) is 0 Å². The summed E-state index contributed by atoms with van der Waals surface area (Å²) in [5, 5.41) is 1.74. The standard InChI is InChI=1S/C18H12ClNO/c19-16-10-20-17(12-5-2-1-3-6-12)14(11-21)9-13-7-4-8-15(16)18(13)20/h1-11,17H/t17-/m1/s1. The number of rotatable bonds is 2. The third-order valence-corrected chi connectivity index (χ3v) is 4.30. The lowest BCUT2D eigenvalue weighted by Crippen LogP contribution is -2.16. The number of aromatic nitrogens is 1. The summed E-state index contributed by atoms with van der Waals surface area (Å²) < 4.78 is 2.10. The Labute approximate surface area is 127 Å². The average molecular weight is 294 g/mol. The zero-order valence-electron chi connectivity index (χ0n) is 11.2. The molecule has 0 radical (unpaired) electrons. The zero-order chi connectivity index (χ0) is 14.4. The number of nitrogens with zero attached hydrogens (tertiary/aromatic N) is 1. The van der Waals surface area contributed by atoms with Gasteiger partial charge in [0.25, 0.3) is 0 Å². The number of allylic oxidation sites excluding steroid dienone is 1. The molecule has 2 nitrogen and oxygen atoms in total. The predicted molar refractivity (Wildman–Crippen MR) is 85.6 cm³/mol. The van der Waals surface area contributed by atoms with Gasteiger partial charge in [-0.25, -0.2) is 0 Å². The van der Waals surface area contributed by atoms with Gasteiger partial charge in [-0.3, -0.25) is 4.79 Å². The van der Waals surface area contributed by atoms with Crippen LogP contribution < -0.4 is 0 Å². The van der Waals surface area contributed by atoms with Crippen LogP contribution in [0.2, 0.25) is 5.02 Å². The van der Waals surface area contributed by atoms with Crippen LogP contribution in [0.3, 0.4) is 0 Å². The molecule has 1 aliphatic heterocycles. The Hall–Kier alpha value is -2.32. The molecule has 1 aliphatic rings. The van der Waals surface area contributed by atoms with Crippen LogP contribution in [0.1, 0.15) is 17.2 Å². The summed E-state index contributed by atoms with van der Waals surface area (Å²) in [5.41, 5.74) is 3.95. The summed E-state index contributed by atoms with van der Waals surface area (Å²) in [6.07, 6.45) is 4.82. The number of para-hydroxylation sites is 1. The molecule has 0 N–H and O–H groups in total. The Morgan fingerprint density at radius 2 is 1.86 bits per heavy atom. The van der Waals surface area contributed by atoms with Crippen LogP contribution in [-0.2, 0) is 4.79 Å². The number of carbonyl (C=O) groups is 1. The van der Waals surface area contributed by atoms with Crippen molar-refractivity contribution in [3.63, 3.8) is 0 Å². The molecule has 4 rings (SSSR count). The maximum absolute atomic E-state index is 11.6. The summed E-state index contributed by atoms with van der Waals surface area (Å²) in [7, 11) is 0. The Balaban J connectivity index is 2.06. The lowest BCUT2D eigenvalue weighted by molar-refractivity contribution is -0.105. The van der Waals surface area contributed by atoms with Gasteiger partial charge in [0.05, 0.1) is 16.6 Å². The fourth-order valence-electron chi connectivity index (χ4n) is 3.12. The molecule has 2 aromatic carbocycles. The monoisotopic (exact) mass is 293 g/mol. The van der Waals surface area contributed by atoms with Gasteiger partial charge in [-0.05, 0) is 17.2 Å². The SMILES string of the molecule is O=CC1=Cc2cccc3c(Cl)cn(c23)[C@@H]1c1ccccc1. The summed E-state index contributed by atoms with van der Waals surface area (Å²) in [6, 6.07) is 15.9. The molecule has 3 heteroatoms. The molecule has 0 saturated carbocycles. The van der Waals surface area contributed by atoms with Crippen molar-refractivity contribution in [2.24, 2.45) is 0 Å². The van der Waals surface area contributed by atoms with Crippen molar-refractivity contribution in [1.82, 2.24) is 4.57 Å². The summed E-state index contributed by atoms with van der Waals surface area (Å²) in [5.74, 6) is 0. The maximum Gasteiger partial charge on any atom is 0.148 e. The van der Waals surface area contributed by atoms with E-state index in [9.17, 15) is 4.79 Å². The molecule has 0 amide bonds. The summed E-state index contributed by atoms with van der Waals surface area (Å²) in [4.78, 5) is 11.6. The zero-order valence-corrected chi connectivity index (χ0v) is 11.9. The molecule has 102 valence electrons. The van der Waals surface area contributed by atoms with Gasteiger partial charge in [0.1, 0.15) is 6.29 Å². The van der Waals surface area contributed by atoms with Gasteiger partial charge < -0.3 is 4.57 Å². The van der Waals surface area contributed by atoms with Gasteiger partial charge in [-0.1, -0.05) is 60.1 Å². The van der Waals surface area contributed by atoms with E-state index in [0.717, 1.165) is 33.9 Å². The van der Waals surface area contributed by atoms with Crippen LogP contribution in [0, 0.1) is 0 Å². The topological polar surface area (TPSA) is 22.0 Å². The Kier molecular flexibility index (Phi) is 2.72. The van der Waals surface area contributed by atoms with E-state index in [-0.39, 0.29) is 6.04 Å². The second-order valence-electron chi connectivity index (χ2n) is 5.20. The third kappa shape index (κ3) is 1.76. The Morgan fingerprint density at radius 1 is 1.05 bits per heavy atom. The van der Waals surface area contributed by atoms with E-state index in [1.54, 1.807) is 0 Å². The normalized spacial score (nSPS) is 16.8. The van der Waals surface area contributed by atoms with Gasteiger partial charge >= 0.3 is 0 Å². The highest BCUT2D eigenvalue weighted by Gasteiger charge is 2.26. The first-order chi connectivity index (χ1) is 10.3. The quantitative estimate of drug-likeness (QED) is 0.639. The van der Waals surface area contributed by atoms with Crippen molar-refractivity contribution < 1.29 is 4.79 Å². The minimum absolute atomic E-state index is 0.117. The molecule has 0 unspecified atom stereocenters. The molecule has 0 bridgehead atoms. The predicted octanol–water partition coefficient (Wildman–Crippen LogP) is 4.48. The Bertz CT molecular complexity index is 877. The molecule has 0 spiro atoms. The van der Waals surface area contributed by atoms with E-state index in [1.165, 1.54) is 0 Å². The third-order valence-electron chi connectivity index (χ3n) is 4.00. The smallest absolute Gasteiger partial charge is 0.148 e. The lowest BCUT2D eigenvalue weighted by atomic mass is 9.93. The fourth-order valence-corrected chi connectivity index (χ4v) is 3.38. The van der Waals surface area contributed by atoms with Gasteiger partial charge in [-0.2, -0.15) is 0 Å². The van der Waals surface area contributed by atoms with Crippen LogP contribution >= 0.6 is 11.6 Å². The van der Waals surface area contributed by atoms with Crippen molar-refractivity contribution in [2.45, 2.75) is 6.04 Å². The molecule has 1 aromatic heterocycles. The molecule has 2 heterocycles. The number of hydrogen-bond acceptors (Lipinski definition) is 1. The highest BCUT2D eigenvalue weighted by molar-refractivity contribution is 6.36. The van der Waals surface area contributed by atoms with Crippen LogP contribution in [0.4, 0.5) is 0 Å². The van der Waals surface area contributed by atoms with E-state index < -0.39 is 0 Å². The fraction of sp³-hybridized carbons (Fsp3) is 0.0556. The molecule has 0 fully saturated rings. The number of benzene rings is 2. The lowest BCUT2D eigenvalue weighted by Gasteiger charge is -2.25. The highest BCUT2D eigenvalue weighted by Crippen LogP contribution is 2.40. The molecule has 0 aliphatic carbocycles. The Morgan fingerprint density at radius 3 is 2.62 bits per heavy atom. The molecule has 0 saturated heterocycles. The molecule has 1 atom stereocenters. The molecular formula is C18H12ClNO. The highest BCUT2D eigenvalue weighted by atomic mass is 35.5. The first-order valence-electron chi connectivity index (χ1n) is 6.80. The van der Waals surface area contributed by atoms with Gasteiger partial charge in [0.2, 0.25) is 0 Å². The van der Waals surface area contributed by atoms with Gasteiger partial charge in [0, 0.05) is 17.2 Å². The number of carbonyl (C=O) groups excluding carboxylic acids is 1. The number of aldehydes is 1. The van der Waals surface area contributed by atoms with Crippen molar-refractivity contribution >= 4 is 34.9 Å². The first kappa shape index (κ1) is 12.4. The largest absolute Gasteiger partial charge is 0.334 e. The van der Waals surface area contributed by atoms with E-state index in [1.807, 2.05) is 60.8 Å². The number of halogens is 1. The maximum atomic E-state index is 11.6. The average Bonchev–Trinajstić information content (AvgIpc) is 2.86. The second-order valence-corrected chi connectivity index (χ2v) is 5.61. The van der Waals surface area contributed by atoms with Crippen LogP contribution in [-0.4, -0.2) is 10.9 Å². The van der Waals surface area contributed by atoms with Crippen LogP contribution in [0.5, 0.6) is 0 Å².